The quantitative estimate of drug-likeness (QED) is 0.633. The highest BCUT2D eigenvalue weighted by molar-refractivity contribution is 6.35. The van der Waals surface area contributed by atoms with Crippen molar-refractivity contribution in [3.05, 3.63) is 34.9 Å². The highest BCUT2D eigenvalue weighted by atomic mass is 16.2. The monoisotopic (exact) mass is 356 g/mol. The summed E-state index contributed by atoms with van der Waals surface area (Å²) >= 11 is 0. The van der Waals surface area contributed by atoms with Gasteiger partial charge >= 0.3 is 11.8 Å². The van der Waals surface area contributed by atoms with Crippen LogP contribution in [0.1, 0.15) is 87.4 Å². The Hall–Kier alpha value is -1.84. The number of hydrogen-bond acceptors (Lipinski definition) is 2. The molecule has 1 fully saturated rings. The van der Waals surface area contributed by atoms with Gasteiger partial charge < -0.3 is 10.6 Å². The summed E-state index contributed by atoms with van der Waals surface area (Å²) in [4.78, 5) is 24.7. The van der Waals surface area contributed by atoms with Gasteiger partial charge in [-0.25, -0.2) is 0 Å². The van der Waals surface area contributed by atoms with Crippen LogP contribution in [0.15, 0.2) is 18.2 Å². The first-order chi connectivity index (χ1) is 12.7. The third-order valence-corrected chi connectivity index (χ3v) is 5.89. The second-order valence-electron chi connectivity index (χ2n) is 7.83. The van der Waals surface area contributed by atoms with E-state index in [2.05, 4.69) is 28.8 Å². The molecule has 0 bridgehead atoms. The molecule has 0 saturated heterocycles. The number of aryl methyl sites for hydroxylation is 2. The third kappa shape index (κ3) is 4.87. The lowest BCUT2D eigenvalue weighted by Crippen LogP contribution is -2.45. The van der Waals surface area contributed by atoms with E-state index in [-0.39, 0.29) is 12.1 Å². The van der Waals surface area contributed by atoms with Crippen molar-refractivity contribution in [3.63, 3.8) is 0 Å². The van der Waals surface area contributed by atoms with E-state index >= 15 is 0 Å². The molecule has 1 unspecified atom stereocenters. The Bertz CT molecular complexity index is 633. The molecule has 1 saturated carbocycles. The van der Waals surface area contributed by atoms with Crippen molar-refractivity contribution in [2.24, 2.45) is 0 Å². The molecule has 0 radical (unpaired) electrons. The molecule has 0 heterocycles. The summed E-state index contributed by atoms with van der Waals surface area (Å²) in [5.74, 6) is -0.980. The van der Waals surface area contributed by atoms with Gasteiger partial charge in [0.25, 0.3) is 0 Å². The van der Waals surface area contributed by atoms with Crippen molar-refractivity contribution in [1.29, 1.82) is 0 Å². The minimum absolute atomic E-state index is 0.102. The Balaban J connectivity index is 1.60. The average Bonchev–Trinajstić information content (AvgIpc) is 2.94. The topological polar surface area (TPSA) is 58.2 Å². The van der Waals surface area contributed by atoms with Crippen molar-refractivity contribution < 1.29 is 9.59 Å². The Morgan fingerprint density at radius 3 is 2.35 bits per heavy atom. The number of rotatable bonds is 4. The smallest absolute Gasteiger partial charge is 0.309 e. The zero-order valence-corrected chi connectivity index (χ0v) is 16.0. The number of carbonyl (C=O) groups is 2. The summed E-state index contributed by atoms with van der Waals surface area (Å²) in [5, 5.41) is 5.88. The normalized spacial score (nSPS) is 19.1. The van der Waals surface area contributed by atoms with E-state index in [9.17, 15) is 9.59 Å². The van der Waals surface area contributed by atoms with E-state index in [0.717, 1.165) is 50.5 Å². The number of benzene rings is 1. The fourth-order valence-electron chi connectivity index (χ4n) is 4.29. The third-order valence-electron chi connectivity index (χ3n) is 5.89. The molecule has 1 aromatic rings. The van der Waals surface area contributed by atoms with Crippen LogP contribution < -0.4 is 10.6 Å². The Morgan fingerprint density at radius 1 is 0.962 bits per heavy atom. The fraction of sp³-hybridized carbons (Fsp3) is 0.636. The Labute approximate surface area is 157 Å². The number of fused-ring (bicyclic) bond motifs is 1. The summed E-state index contributed by atoms with van der Waals surface area (Å²) in [6, 6.07) is 6.59. The molecule has 4 heteroatoms. The lowest BCUT2D eigenvalue weighted by atomic mass is 9.89. The largest absolute Gasteiger partial charge is 0.345 e. The molecule has 1 atom stereocenters. The second kappa shape index (κ2) is 9.20. The predicted molar refractivity (Wildman–Crippen MR) is 104 cm³/mol. The molecule has 3 rings (SSSR count). The molecular formula is C22H32N2O2. The second-order valence-corrected chi connectivity index (χ2v) is 7.83. The minimum atomic E-state index is -0.501. The molecule has 2 aliphatic rings. The first kappa shape index (κ1) is 18.9. The summed E-state index contributed by atoms with van der Waals surface area (Å²) in [6.07, 6.45) is 12.3. The van der Waals surface area contributed by atoms with Crippen molar-refractivity contribution in [3.8, 4) is 0 Å². The van der Waals surface area contributed by atoms with E-state index in [1.165, 1.54) is 36.8 Å². The maximum atomic E-state index is 12.4. The molecule has 0 spiro atoms. The number of amides is 2. The molecular weight excluding hydrogens is 324 g/mol. The van der Waals surface area contributed by atoms with Gasteiger partial charge in [0.15, 0.2) is 0 Å². The molecule has 1 aromatic carbocycles. The molecule has 2 aliphatic carbocycles. The maximum Gasteiger partial charge on any atom is 0.309 e. The van der Waals surface area contributed by atoms with E-state index < -0.39 is 11.8 Å². The maximum absolute atomic E-state index is 12.4. The van der Waals surface area contributed by atoms with E-state index in [1.54, 1.807) is 0 Å². The van der Waals surface area contributed by atoms with E-state index in [4.69, 9.17) is 0 Å². The van der Waals surface area contributed by atoms with Crippen LogP contribution in [0.2, 0.25) is 0 Å². The van der Waals surface area contributed by atoms with Crippen LogP contribution in [0.25, 0.3) is 0 Å². The zero-order chi connectivity index (χ0) is 18.4. The summed E-state index contributed by atoms with van der Waals surface area (Å²) in [5.41, 5.74) is 3.96. The van der Waals surface area contributed by atoms with Crippen LogP contribution in [0.5, 0.6) is 0 Å². The van der Waals surface area contributed by atoms with Crippen molar-refractivity contribution >= 4 is 11.8 Å². The Kier molecular flexibility index (Phi) is 6.70. The average molecular weight is 357 g/mol. The highest BCUT2D eigenvalue weighted by Crippen LogP contribution is 2.26. The first-order valence-corrected chi connectivity index (χ1v) is 10.4. The lowest BCUT2D eigenvalue weighted by Gasteiger charge is -2.22. The summed E-state index contributed by atoms with van der Waals surface area (Å²) in [7, 11) is 0. The van der Waals surface area contributed by atoms with Gasteiger partial charge in [0.05, 0.1) is 6.04 Å². The van der Waals surface area contributed by atoms with Gasteiger partial charge in [0.1, 0.15) is 0 Å². The fourth-order valence-corrected chi connectivity index (χ4v) is 4.29. The van der Waals surface area contributed by atoms with Crippen molar-refractivity contribution in [2.75, 3.05) is 0 Å². The van der Waals surface area contributed by atoms with Crippen LogP contribution >= 0.6 is 0 Å². The standard InChI is InChI=1S/C22H32N2O2/c1-2-20(18-14-13-16-9-7-8-10-17(16)15-18)24-22(26)21(25)23-19-11-5-3-4-6-12-19/h13-15,19-20H,2-12H2,1H3,(H,23,25)(H,24,26). The summed E-state index contributed by atoms with van der Waals surface area (Å²) in [6.45, 7) is 2.05. The van der Waals surface area contributed by atoms with Gasteiger partial charge in [-0.1, -0.05) is 50.8 Å². The van der Waals surface area contributed by atoms with Crippen molar-refractivity contribution in [2.45, 2.75) is 89.6 Å². The number of carbonyl (C=O) groups excluding carboxylic acids is 2. The highest BCUT2D eigenvalue weighted by Gasteiger charge is 2.23. The van der Waals surface area contributed by atoms with E-state index in [0.29, 0.717) is 0 Å². The van der Waals surface area contributed by atoms with Gasteiger partial charge in [-0.15, -0.1) is 0 Å². The molecule has 0 aromatic heterocycles. The first-order valence-electron chi connectivity index (χ1n) is 10.4. The predicted octanol–water partition coefficient (Wildman–Crippen LogP) is 3.97. The van der Waals surface area contributed by atoms with Gasteiger partial charge in [0, 0.05) is 6.04 Å². The van der Waals surface area contributed by atoms with E-state index in [1.807, 2.05) is 6.92 Å². The Morgan fingerprint density at radius 2 is 1.65 bits per heavy atom. The molecule has 4 nitrogen and oxygen atoms in total. The van der Waals surface area contributed by atoms with Crippen LogP contribution in [0, 0.1) is 0 Å². The SMILES string of the molecule is CCC(NC(=O)C(=O)NC1CCCCCC1)c1ccc2c(c1)CCCC2. The summed E-state index contributed by atoms with van der Waals surface area (Å²) < 4.78 is 0. The molecule has 2 amide bonds. The van der Waals surface area contributed by atoms with Gasteiger partial charge in [-0.3, -0.25) is 9.59 Å². The minimum Gasteiger partial charge on any atom is -0.345 e. The van der Waals surface area contributed by atoms with Gasteiger partial charge in [0.2, 0.25) is 0 Å². The number of hydrogen-bond donors (Lipinski definition) is 2. The molecule has 0 aliphatic heterocycles. The lowest BCUT2D eigenvalue weighted by molar-refractivity contribution is -0.140. The van der Waals surface area contributed by atoms with Crippen molar-refractivity contribution in [1.82, 2.24) is 10.6 Å². The van der Waals surface area contributed by atoms with Gasteiger partial charge in [-0.2, -0.15) is 0 Å². The molecule has 2 N–H and O–H groups in total. The van der Waals surface area contributed by atoms with Crippen LogP contribution in [-0.4, -0.2) is 17.9 Å². The van der Waals surface area contributed by atoms with Crippen LogP contribution in [0.4, 0.5) is 0 Å². The molecule has 26 heavy (non-hydrogen) atoms. The molecule has 142 valence electrons. The van der Waals surface area contributed by atoms with Gasteiger partial charge in [-0.05, 0) is 61.6 Å². The zero-order valence-electron chi connectivity index (χ0n) is 16.0. The number of nitrogens with one attached hydrogen (secondary N) is 2. The van der Waals surface area contributed by atoms with Crippen LogP contribution in [-0.2, 0) is 22.4 Å². The van der Waals surface area contributed by atoms with Crippen LogP contribution in [0.3, 0.4) is 0 Å².